The van der Waals surface area contributed by atoms with E-state index < -0.39 is 0 Å². The van der Waals surface area contributed by atoms with Crippen molar-refractivity contribution in [2.45, 2.75) is 13.0 Å². The van der Waals surface area contributed by atoms with Gasteiger partial charge >= 0.3 is 0 Å². The maximum absolute atomic E-state index is 9.19. The van der Waals surface area contributed by atoms with Gasteiger partial charge in [0.25, 0.3) is 0 Å². The molecular weight excluding hydrogens is 266 g/mol. The van der Waals surface area contributed by atoms with Gasteiger partial charge < -0.3 is 14.2 Å². The van der Waals surface area contributed by atoms with Gasteiger partial charge in [0, 0.05) is 0 Å². The Bertz CT molecular complexity index is 644. The molecule has 0 heterocycles. The lowest BCUT2D eigenvalue weighted by Gasteiger charge is -2.18. The van der Waals surface area contributed by atoms with E-state index in [2.05, 4.69) is 6.07 Å². The van der Waals surface area contributed by atoms with Gasteiger partial charge in [0.1, 0.15) is 17.9 Å². The summed E-state index contributed by atoms with van der Waals surface area (Å²) in [6.45, 7) is 1.93. The summed E-state index contributed by atoms with van der Waals surface area (Å²) in [5, 5.41) is 9.19. The van der Waals surface area contributed by atoms with Crippen molar-refractivity contribution in [3.63, 3.8) is 0 Å². The van der Waals surface area contributed by atoms with E-state index in [4.69, 9.17) is 14.2 Å². The molecule has 1 atom stereocenters. The van der Waals surface area contributed by atoms with E-state index in [0.29, 0.717) is 17.1 Å². The van der Waals surface area contributed by atoms with Gasteiger partial charge in [-0.15, -0.1) is 0 Å². The molecule has 2 aromatic carbocycles. The van der Waals surface area contributed by atoms with Gasteiger partial charge in [0.15, 0.2) is 11.5 Å². The number of ether oxygens (including phenoxy) is 3. The molecular formula is C17H17NO3. The third-order valence-corrected chi connectivity index (χ3v) is 3.20. The molecule has 0 bridgehead atoms. The summed E-state index contributed by atoms with van der Waals surface area (Å²) in [5.74, 6) is 1.81. The summed E-state index contributed by atoms with van der Waals surface area (Å²) in [4.78, 5) is 0. The molecule has 108 valence electrons. The first-order valence-electron chi connectivity index (χ1n) is 6.57. The van der Waals surface area contributed by atoms with Gasteiger partial charge in [-0.1, -0.05) is 18.2 Å². The number of nitriles is 1. The van der Waals surface area contributed by atoms with Crippen molar-refractivity contribution in [1.82, 2.24) is 0 Å². The van der Waals surface area contributed by atoms with Crippen LogP contribution in [0.25, 0.3) is 0 Å². The molecule has 21 heavy (non-hydrogen) atoms. The molecule has 1 unspecified atom stereocenters. The van der Waals surface area contributed by atoms with Crippen LogP contribution in [-0.2, 0) is 0 Å². The summed E-state index contributed by atoms with van der Waals surface area (Å²) in [6, 6.07) is 15.0. The normalized spacial score (nSPS) is 11.3. The second-order valence-electron chi connectivity index (χ2n) is 4.48. The number of para-hydroxylation sites is 1. The van der Waals surface area contributed by atoms with Gasteiger partial charge in [-0.05, 0) is 36.8 Å². The Balaban J connectivity index is 2.26. The Hall–Kier alpha value is -2.67. The molecule has 0 amide bonds. The maximum Gasteiger partial charge on any atom is 0.179 e. The summed E-state index contributed by atoms with van der Waals surface area (Å²) in [7, 11) is 3.18. The van der Waals surface area contributed by atoms with E-state index in [1.807, 2.05) is 31.2 Å². The van der Waals surface area contributed by atoms with Crippen molar-refractivity contribution in [2.75, 3.05) is 14.2 Å². The first kappa shape index (κ1) is 14.7. The molecule has 0 spiro atoms. The number of nitrogens with zero attached hydrogens (tertiary/aromatic N) is 1. The number of rotatable bonds is 5. The molecule has 0 aromatic heterocycles. The Morgan fingerprint density at radius 1 is 1.00 bits per heavy atom. The molecule has 0 saturated heterocycles. The summed E-state index contributed by atoms with van der Waals surface area (Å²) in [5.41, 5.74) is 1.44. The molecule has 0 aliphatic carbocycles. The van der Waals surface area contributed by atoms with Crippen molar-refractivity contribution in [3.8, 4) is 23.3 Å². The second kappa shape index (κ2) is 6.67. The van der Waals surface area contributed by atoms with Crippen molar-refractivity contribution in [1.29, 1.82) is 5.26 Å². The first-order valence-corrected chi connectivity index (χ1v) is 6.57. The van der Waals surface area contributed by atoms with Crippen LogP contribution in [0.1, 0.15) is 24.2 Å². The van der Waals surface area contributed by atoms with E-state index in [-0.39, 0.29) is 6.10 Å². The van der Waals surface area contributed by atoms with Crippen LogP contribution in [0.15, 0.2) is 42.5 Å². The third-order valence-electron chi connectivity index (χ3n) is 3.20. The van der Waals surface area contributed by atoms with Gasteiger partial charge in [-0.3, -0.25) is 0 Å². The Morgan fingerprint density at radius 2 is 1.71 bits per heavy atom. The largest absolute Gasteiger partial charge is 0.497 e. The van der Waals surface area contributed by atoms with E-state index in [1.54, 1.807) is 32.4 Å². The lowest BCUT2D eigenvalue weighted by atomic mass is 10.1. The minimum absolute atomic E-state index is 0.209. The van der Waals surface area contributed by atoms with Crippen LogP contribution in [0.2, 0.25) is 0 Å². The van der Waals surface area contributed by atoms with Gasteiger partial charge in [0.05, 0.1) is 19.8 Å². The summed E-state index contributed by atoms with van der Waals surface area (Å²) in [6.07, 6.45) is -0.209. The number of benzene rings is 2. The van der Waals surface area contributed by atoms with E-state index >= 15 is 0 Å². The zero-order valence-electron chi connectivity index (χ0n) is 12.3. The minimum Gasteiger partial charge on any atom is -0.497 e. The second-order valence-corrected chi connectivity index (χ2v) is 4.48. The van der Waals surface area contributed by atoms with E-state index in [0.717, 1.165) is 11.3 Å². The molecule has 2 aromatic rings. The van der Waals surface area contributed by atoms with Crippen LogP contribution in [0.4, 0.5) is 0 Å². The Labute approximate surface area is 124 Å². The average Bonchev–Trinajstić information content (AvgIpc) is 2.55. The molecule has 4 heteroatoms. The molecule has 0 fully saturated rings. The van der Waals surface area contributed by atoms with E-state index in [1.165, 1.54) is 0 Å². The van der Waals surface area contributed by atoms with E-state index in [9.17, 15) is 5.26 Å². The molecule has 0 aliphatic heterocycles. The van der Waals surface area contributed by atoms with Crippen molar-refractivity contribution in [3.05, 3.63) is 53.6 Å². The number of hydrogen-bond acceptors (Lipinski definition) is 4. The zero-order valence-corrected chi connectivity index (χ0v) is 12.3. The molecule has 0 N–H and O–H groups in total. The fraction of sp³-hybridized carbons (Fsp3) is 0.235. The van der Waals surface area contributed by atoms with Crippen molar-refractivity contribution >= 4 is 0 Å². The van der Waals surface area contributed by atoms with Crippen LogP contribution in [0.5, 0.6) is 17.2 Å². The maximum atomic E-state index is 9.19. The molecule has 4 nitrogen and oxygen atoms in total. The van der Waals surface area contributed by atoms with Crippen LogP contribution < -0.4 is 14.2 Å². The zero-order chi connectivity index (χ0) is 15.2. The quantitative estimate of drug-likeness (QED) is 0.839. The van der Waals surface area contributed by atoms with Gasteiger partial charge in [-0.25, -0.2) is 0 Å². The Kier molecular flexibility index (Phi) is 4.68. The van der Waals surface area contributed by atoms with Crippen LogP contribution >= 0.6 is 0 Å². The standard InChI is InChI=1S/C17H17NO3/c1-12(13-7-9-15(19-2)10-8-13)21-17-14(11-18)5-4-6-16(17)20-3/h4-10,12H,1-3H3. The lowest BCUT2D eigenvalue weighted by molar-refractivity contribution is 0.215. The predicted octanol–water partition coefficient (Wildman–Crippen LogP) is 3.72. The monoisotopic (exact) mass is 283 g/mol. The first-order chi connectivity index (χ1) is 10.2. The molecule has 0 radical (unpaired) electrons. The smallest absolute Gasteiger partial charge is 0.179 e. The highest BCUT2D eigenvalue weighted by molar-refractivity contribution is 5.52. The average molecular weight is 283 g/mol. The SMILES string of the molecule is COc1ccc(C(C)Oc2c(C#N)cccc2OC)cc1. The lowest BCUT2D eigenvalue weighted by Crippen LogP contribution is -2.05. The minimum atomic E-state index is -0.209. The highest BCUT2D eigenvalue weighted by Gasteiger charge is 2.15. The fourth-order valence-corrected chi connectivity index (χ4v) is 2.01. The third kappa shape index (κ3) is 3.26. The predicted molar refractivity (Wildman–Crippen MR) is 79.7 cm³/mol. The Morgan fingerprint density at radius 3 is 2.29 bits per heavy atom. The van der Waals surface area contributed by atoms with Gasteiger partial charge in [0.2, 0.25) is 0 Å². The van der Waals surface area contributed by atoms with Crippen molar-refractivity contribution in [2.24, 2.45) is 0 Å². The number of methoxy groups -OCH3 is 2. The fourth-order valence-electron chi connectivity index (χ4n) is 2.01. The number of hydrogen-bond donors (Lipinski definition) is 0. The highest BCUT2D eigenvalue weighted by Crippen LogP contribution is 2.34. The molecule has 2 rings (SSSR count). The van der Waals surface area contributed by atoms with Gasteiger partial charge in [-0.2, -0.15) is 5.26 Å². The van der Waals surface area contributed by atoms with Crippen LogP contribution in [0, 0.1) is 11.3 Å². The van der Waals surface area contributed by atoms with Crippen LogP contribution in [0.3, 0.4) is 0 Å². The topological polar surface area (TPSA) is 51.5 Å². The van der Waals surface area contributed by atoms with Crippen LogP contribution in [-0.4, -0.2) is 14.2 Å². The highest BCUT2D eigenvalue weighted by atomic mass is 16.5. The molecule has 0 aliphatic rings. The summed E-state index contributed by atoms with van der Waals surface area (Å²) < 4.78 is 16.3. The molecule has 0 saturated carbocycles. The summed E-state index contributed by atoms with van der Waals surface area (Å²) >= 11 is 0. The van der Waals surface area contributed by atoms with Crippen molar-refractivity contribution < 1.29 is 14.2 Å².